The predicted octanol–water partition coefficient (Wildman–Crippen LogP) is 3.59. The van der Waals surface area contributed by atoms with Crippen LogP contribution in [0.1, 0.15) is 23.1 Å². The molecule has 1 aromatic carbocycles. The molecule has 2 aromatic rings. The lowest BCUT2D eigenvalue weighted by Gasteiger charge is -2.07. The van der Waals surface area contributed by atoms with Gasteiger partial charge in [-0.15, -0.1) is 11.3 Å². The number of aryl methyl sites for hydroxylation is 3. The van der Waals surface area contributed by atoms with Crippen LogP contribution in [0.3, 0.4) is 0 Å². The Morgan fingerprint density at radius 1 is 1.30 bits per heavy atom. The molecule has 0 unspecified atom stereocenters. The van der Waals surface area contributed by atoms with Gasteiger partial charge < -0.3 is 5.32 Å². The summed E-state index contributed by atoms with van der Waals surface area (Å²) in [5.74, 6) is -0.329. The van der Waals surface area contributed by atoms with Crippen LogP contribution in [0.2, 0.25) is 0 Å². The molecule has 0 saturated heterocycles. The van der Waals surface area contributed by atoms with Crippen LogP contribution >= 0.6 is 11.3 Å². The molecular weight excluding hydrogens is 270 g/mol. The Hall–Kier alpha value is -2.19. The highest BCUT2D eigenvalue weighted by molar-refractivity contribution is 7.14. The lowest BCUT2D eigenvalue weighted by atomic mass is 9.99. The van der Waals surface area contributed by atoms with E-state index in [2.05, 4.69) is 43.2 Å². The Kier molecular flexibility index (Phi) is 4.16. The van der Waals surface area contributed by atoms with Crippen molar-refractivity contribution in [2.45, 2.75) is 27.2 Å². The van der Waals surface area contributed by atoms with E-state index in [-0.39, 0.29) is 12.3 Å². The van der Waals surface area contributed by atoms with Crippen LogP contribution in [0.5, 0.6) is 0 Å². The lowest BCUT2D eigenvalue weighted by Crippen LogP contribution is -2.09. The zero-order chi connectivity index (χ0) is 14.7. The molecule has 0 fully saturated rings. The lowest BCUT2D eigenvalue weighted by molar-refractivity contribution is -0.115. The Morgan fingerprint density at radius 2 is 2.00 bits per heavy atom. The molecule has 1 amide bonds. The topological polar surface area (TPSA) is 65.8 Å². The molecule has 102 valence electrons. The SMILES string of the molecule is Cc1cc(C)c(-c2csc(NC(=O)CC#N)n2)cc1C. The van der Waals surface area contributed by atoms with E-state index < -0.39 is 0 Å². The first-order valence-corrected chi connectivity index (χ1v) is 7.09. The van der Waals surface area contributed by atoms with E-state index in [4.69, 9.17) is 5.26 Å². The molecule has 0 aliphatic carbocycles. The summed E-state index contributed by atoms with van der Waals surface area (Å²) in [4.78, 5) is 15.8. The van der Waals surface area contributed by atoms with E-state index >= 15 is 0 Å². The highest BCUT2D eigenvalue weighted by Crippen LogP contribution is 2.29. The molecule has 0 bridgehead atoms. The third-order valence-electron chi connectivity index (χ3n) is 3.11. The average molecular weight is 285 g/mol. The second kappa shape index (κ2) is 5.85. The van der Waals surface area contributed by atoms with Crippen molar-refractivity contribution in [2.24, 2.45) is 0 Å². The van der Waals surface area contributed by atoms with Gasteiger partial charge in [0.25, 0.3) is 0 Å². The summed E-state index contributed by atoms with van der Waals surface area (Å²) >= 11 is 1.36. The monoisotopic (exact) mass is 285 g/mol. The quantitative estimate of drug-likeness (QED) is 0.937. The van der Waals surface area contributed by atoms with Crippen molar-refractivity contribution in [3.8, 4) is 17.3 Å². The largest absolute Gasteiger partial charge is 0.301 e. The standard InChI is InChI=1S/C15H15N3OS/c1-9-6-11(3)12(7-10(9)2)13-8-20-15(17-13)18-14(19)4-5-16/h6-8H,4H2,1-3H3,(H,17,18,19). The number of hydrogen-bond acceptors (Lipinski definition) is 4. The molecule has 0 aliphatic rings. The van der Waals surface area contributed by atoms with Gasteiger partial charge in [0.1, 0.15) is 6.42 Å². The number of nitriles is 1. The fourth-order valence-electron chi connectivity index (χ4n) is 1.93. The van der Waals surface area contributed by atoms with E-state index in [0.717, 1.165) is 16.8 Å². The van der Waals surface area contributed by atoms with Gasteiger partial charge in [-0.2, -0.15) is 5.26 Å². The van der Waals surface area contributed by atoms with E-state index in [1.165, 1.54) is 22.5 Å². The molecule has 0 aliphatic heterocycles. The van der Waals surface area contributed by atoms with Gasteiger partial charge in [-0.25, -0.2) is 4.98 Å². The van der Waals surface area contributed by atoms with Crippen LogP contribution < -0.4 is 5.32 Å². The maximum absolute atomic E-state index is 11.4. The van der Waals surface area contributed by atoms with Crippen molar-refractivity contribution in [1.29, 1.82) is 5.26 Å². The van der Waals surface area contributed by atoms with Gasteiger partial charge in [-0.05, 0) is 43.5 Å². The van der Waals surface area contributed by atoms with Crippen LogP contribution in [0, 0.1) is 32.1 Å². The summed E-state index contributed by atoms with van der Waals surface area (Å²) in [5, 5.41) is 13.5. The van der Waals surface area contributed by atoms with Gasteiger partial charge in [0, 0.05) is 10.9 Å². The fraction of sp³-hybridized carbons (Fsp3) is 0.267. The van der Waals surface area contributed by atoms with Crippen LogP contribution in [0.4, 0.5) is 5.13 Å². The van der Waals surface area contributed by atoms with E-state index in [9.17, 15) is 4.79 Å². The molecule has 0 radical (unpaired) electrons. The van der Waals surface area contributed by atoms with Crippen molar-refractivity contribution < 1.29 is 4.79 Å². The molecule has 1 heterocycles. The fourth-order valence-corrected chi connectivity index (χ4v) is 2.65. The van der Waals surface area contributed by atoms with Gasteiger partial charge in [0.05, 0.1) is 11.8 Å². The number of rotatable bonds is 3. The summed E-state index contributed by atoms with van der Waals surface area (Å²) in [5.41, 5.74) is 5.55. The van der Waals surface area contributed by atoms with Gasteiger partial charge in [-0.3, -0.25) is 4.79 Å². The number of hydrogen-bond donors (Lipinski definition) is 1. The summed E-state index contributed by atoms with van der Waals surface area (Å²) < 4.78 is 0. The summed E-state index contributed by atoms with van der Waals surface area (Å²) in [6.07, 6.45) is -0.155. The zero-order valence-electron chi connectivity index (χ0n) is 11.7. The van der Waals surface area contributed by atoms with Gasteiger partial charge in [-0.1, -0.05) is 6.07 Å². The van der Waals surface area contributed by atoms with Crippen molar-refractivity contribution in [3.05, 3.63) is 34.2 Å². The Balaban J connectivity index is 2.27. The van der Waals surface area contributed by atoms with E-state index in [1.807, 2.05) is 11.4 Å². The van der Waals surface area contributed by atoms with Crippen LogP contribution in [-0.4, -0.2) is 10.9 Å². The zero-order valence-corrected chi connectivity index (χ0v) is 12.5. The number of carbonyl (C=O) groups is 1. The number of nitrogens with one attached hydrogen (secondary N) is 1. The smallest absolute Gasteiger partial charge is 0.240 e. The molecule has 2 rings (SSSR count). The number of carbonyl (C=O) groups excluding carboxylic acids is 1. The molecule has 5 heteroatoms. The second-order valence-electron chi connectivity index (χ2n) is 4.67. The van der Waals surface area contributed by atoms with Crippen molar-refractivity contribution in [2.75, 3.05) is 5.32 Å². The van der Waals surface area contributed by atoms with Crippen LogP contribution in [0.25, 0.3) is 11.3 Å². The molecule has 4 nitrogen and oxygen atoms in total. The minimum absolute atomic E-state index is 0.155. The molecule has 20 heavy (non-hydrogen) atoms. The number of nitrogens with zero attached hydrogens (tertiary/aromatic N) is 2. The van der Waals surface area contributed by atoms with Gasteiger partial charge >= 0.3 is 0 Å². The minimum Gasteiger partial charge on any atom is -0.301 e. The number of aromatic nitrogens is 1. The third kappa shape index (κ3) is 3.03. The minimum atomic E-state index is -0.329. The molecule has 0 spiro atoms. The first-order valence-electron chi connectivity index (χ1n) is 6.22. The first-order chi connectivity index (χ1) is 9.51. The maximum atomic E-state index is 11.4. The van der Waals surface area contributed by atoms with Gasteiger partial charge in [0.2, 0.25) is 5.91 Å². The van der Waals surface area contributed by atoms with Gasteiger partial charge in [0.15, 0.2) is 5.13 Å². The highest BCUT2D eigenvalue weighted by Gasteiger charge is 2.10. The summed E-state index contributed by atoms with van der Waals surface area (Å²) in [6.45, 7) is 6.20. The molecule has 0 saturated carbocycles. The summed E-state index contributed by atoms with van der Waals surface area (Å²) in [6, 6.07) is 6.06. The van der Waals surface area contributed by atoms with Crippen LogP contribution in [0.15, 0.2) is 17.5 Å². The van der Waals surface area contributed by atoms with E-state index in [0.29, 0.717) is 5.13 Å². The van der Waals surface area contributed by atoms with E-state index in [1.54, 1.807) is 0 Å². The molecule has 0 atom stereocenters. The molecular formula is C15H15N3OS. The average Bonchev–Trinajstić information content (AvgIpc) is 2.82. The number of anilines is 1. The molecule has 1 N–H and O–H groups in total. The van der Waals surface area contributed by atoms with Crippen molar-refractivity contribution in [1.82, 2.24) is 4.98 Å². The third-order valence-corrected chi connectivity index (χ3v) is 3.86. The normalized spacial score (nSPS) is 10.1. The van der Waals surface area contributed by atoms with Crippen molar-refractivity contribution >= 4 is 22.4 Å². The van der Waals surface area contributed by atoms with Crippen LogP contribution in [-0.2, 0) is 4.79 Å². The summed E-state index contributed by atoms with van der Waals surface area (Å²) in [7, 11) is 0. The number of benzene rings is 1. The van der Waals surface area contributed by atoms with Crippen molar-refractivity contribution in [3.63, 3.8) is 0 Å². The Labute approximate surface area is 122 Å². The number of amides is 1. The Morgan fingerprint density at radius 3 is 2.70 bits per heavy atom. The molecule has 1 aromatic heterocycles. The maximum Gasteiger partial charge on any atom is 0.240 e. The second-order valence-corrected chi connectivity index (χ2v) is 5.53. The highest BCUT2D eigenvalue weighted by atomic mass is 32.1. The Bertz CT molecular complexity index is 698. The predicted molar refractivity (Wildman–Crippen MR) is 80.6 cm³/mol. The number of thiazole rings is 1. The first kappa shape index (κ1) is 14.2.